The smallest absolute Gasteiger partial charge is 0.241 e. The van der Waals surface area contributed by atoms with Gasteiger partial charge in [0.1, 0.15) is 5.75 Å². The van der Waals surface area contributed by atoms with Gasteiger partial charge < -0.3 is 10.5 Å². The Labute approximate surface area is 159 Å². The van der Waals surface area contributed by atoms with Crippen molar-refractivity contribution in [1.82, 2.24) is 4.72 Å². The number of methoxy groups -OCH3 is 1. The Bertz CT molecular complexity index is 959. The van der Waals surface area contributed by atoms with E-state index in [0.29, 0.717) is 5.75 Å². The molecule has 5 nitrogen and oxygen atoms in total. The Balaban J connectivity index is 1.95. The summed E-state index contributed by atoms with van der Waals surface area (Å²) >= 11 is 0. The fourth-order valence-electron chi connectivity index (χ4n) is 2.87. The largest absolute Gasteiger partial charge is 0.497 e. The zero-order chi connectivity index (χ0) is 19.3. The van der Waals surface area contributed by atoms with Crippen LogP contribution in [0.3, 0.4) is 0 Å². The van der Waals surface area contributed by atoms with Gasteiger partial charge in [0.15, 0.2) is 0 Å². The monoisotopic (exact) mass is 382 g/mol. The minimum atomic E-state index is -3.77. The van der Waals surface area contributed by atoms with Gasteiger partial charge in [-0.2, -0.15) is 0 Å². The van der Waals surface area contributed by atoms with Crippen LogP contribution < -0.4 is 15.2 Å². The summed E-state index contributed by atoms with van der Waals surface area (Å²) in [5.41, 5.74) is 8.10. The molecule has 0 spiro atoms. The van der Waals surface area contributed by atoms with E-state index in [1.165, 1.54) is 19.2 Å². The van der Waals surface area contributed by atoms with Crippen LogP contribution >= 0.6 is 0 Å². The maximum absolute atomic E-state index is 12.9. The number of nitrogens with two attached hydrogens (primary N) is 1. The van der Waals surface area contributed by atoms with Gasteiger partial charge in [-0.15, -0.1) is 0 Å². The molecule has 0 saturated heterocycles. The first-order valence-electron chi connectivity index (χ1n) is 8.53. The Hall–Kier alpha value is -2.67. The van der Waals surface area contributed by atoms with Gasteiger partial charge in [-0.1, -0.05) is 60.7 Å². The average molecular weight is 382 g/mol. The first kappa shape index (κ1) is 19.1. The van der Waals surface area contributed by atoms with Crippen LogP contribution in [0.15, 0.2) is 89.8 Å². The van der Waals surface area contributed by atoms with Crippen molar-refractivity contribution in [1.29, 1.82) is 0 Å². The van der Waals surface area contributed by atoms with Gasteiger partial charge in [0.05, 0.1) is 24.1 Å². The Morgan fingerprint density at radius 1 is 0.815 bits per heavy atom. The number of nitrogens with one attached hydrogen (secondary N) is 1. The minimum Gasteiger partial charge on any atom is -0.497 e. The Kier molecular flexibility index (Phi) is 5.91. The number of benzene rings is 3. The molecule has 2 atom stereocenters. The maximum Gasteiger partial charge on any atom is 0.241 e. The second-order valence-corrected chi connectivity index (χ2v) is 7.84. The van der Waals surface area contributed by atoms with Crippen LogP contribution in [0.25, 0.3) is 0 Å². The molecule has 0 heterocycles. The van der Waals surface area contributed by atoms with Crippen LogP contribution in [0.5, 0.6) is 5.75 Å². The van der Waals surface area contributed by atoms with E-state index < -0.39 is 22.1 Å². The molecule has 0 saturated carbocycles. The highest BCUT2D eigenvalue weighted by Crippen LogP contribution is 2.29. The van der Waals surface area contributed by atoms with Gasteiger partial charge in [-0.05, 0) is 35.4 Å². The molecule has 27 heavy (non-hydrogen) atoms. The van der Waals surface area contributed by atoms with Crippen LogP contribution in [0.1, 0.15) is 23.2 Å². The topological polar surface area (TPSA) is 81.4 Å². The van der Waals surface area contributed by atoms with E-state index in [1.807, 2.05) is 60.7 Å². The molecule has 0 aliphatic rings. The van der Waals surface area contributed by atoms with E-state index in [9.17, 15) is 8.42 Å². The molecular formula is C21H22N2O3S. The van der Waals surface area contributed by atoms with E-state index in [0.717, 1.165) is 11.1 Å². The summed E-state index contributed by atoms with van der Waals surface area (Å²) < 4.78 is 33.7. The lowest BCUT2D eigenvalue weighted by molar-refractivity contribution is 0.414. The lowest BCUT2D eigenvalue weighted by Crippen LogP contribution is -2.36. The van der Waals surface area contributed by atoms with Gasteiger partial charge in [-0.25, -0.2) is 13.1 Å². The van der Waals surface area contributed by atoms with Crippen LogP contribution in [-0.2, 0) is 10.0 Å². The van der Waals surface area contributed by atoms with Crippen molar-refractivity contribution < 1.29 is 13.2 Å². The first-order chi connectivity index (χ1) is 13.0. The summed E-state index contributed by atoms with van der Waals surface area (Å²) in [6.07, 6.45) is 0. The van der Waals surface area contributed by atoms with Gasteiger partial charge >= 0.3 is 0 Å². The molecular weight excluding hydrogens is 360 g/mol. The highest BCUT2D eigenvalue weighted by atomic mass is 32.2. The summed E-state index contributed by atoms with van der Waals surface area (Å²) in [6, 6.07) is 23.9. The van der Waals surface area contributed by atoms with Crippen molar-refractivity contribution in [3.63, 3.8) is 0 Å². The normalized spacial score (nSPS) is 13.7. The third-order valence-electron chi connectivity index (χ3n) is 4.35. The van der Waals surface area contributed by atoms with Gasteiger partial charge in [0, 0.05) is 0 Å². The number of ether oxygens (including phenoxy) is 1. The second kappa shape index (κ2) is 8.35. The molecule has 6 heteroatoms. The molecule has 140 valence electrons. The van der Waals surface area contributed by atoms with E-state index in [2.05, 4.69) is 4.72 Å². The maximum atomic E-state index is 12.9. The number of sulfonamides is 1. The van der Waals surface area contributed by atoms with Crippen LogP contribution in [-0.4, -0.2) is 15.5 Å². The zero-order valence-corrected chi connectivity index (χ0v) is 15.8. The third-order valence-corrected chi connectivity index (χ3v) is 5.81. The van der Waals surface area contributed by atoms with Crippen molar-refractivity contribution in [3.8, 4) is 5.75 Å². The van der Waals surface area contributed by atoms with Gasteiger partial charge in [0.25, 0.3) is 0 Å². The lowest BCUT2D eigenvalue weighted by Gasteiger charge is -2.26. The summed E-state index contributed by atoms with van der Waals surface area (Å²) in [7, 11) is -2.24. The molecule has 1 unspecified atom stereocenters. The molecule has 0 amide bonds. The van der Waals surface area contributed by atoms with E-state index in [-0.39, 0.29) is 4.90 Å². The fraction of sp³-hybridized carbons (Fsp3) is 0.143. The molecule has 0 aliphatic carbocycles. The van der Waals surface area contributed by atoms with Crippen LogP contribution in [0.4, 0.5) is 0 Å². The molecule has 0 radical (unpaired) electrons. The number of hydrogen-bond donors (Lipinski definition) is 2. The molecule has 3 aromatic rings. The van der Waals surface area contributed by atoms with Crippen molar-refractivity contribution in [2.75, 3.05) is 7.11 Å². The van der Waals surface area contributed by atoms with Crippen molar-refractivity contribution in [2.45, 2.75) is 17.0 Å². The molecule has 3 aromatic carbocycles. The Morgan fingerprint density at radius 2 is 1.33 bits per heavy atom. The SMILES string of the molecule is COc1ccc(S(=O)(=O)N[C@@H](c2ccccc2)C(N)c2ccccc2)cc1. The summed E-state index contributed by atoms with van der Waals surface area (Å²) in [5.74, 6) is 0.592. The fourth-order valence-corrected chi connectivity index (χ4v) is 4.11. The molecule has 0 aromatic heterocycles. The zero-order valence-electron chi connectivity index (χ0n) is 14.9. The Morgan fingerprint density at radius 3 is 1.85 bits per heavy atom. The average Bonchev–Trinajstić information content (AvgIpc) is 2.73. The van der Waals surface area contributed by atoms with Gasteiger partial charge in [-0.3, -0.25) is 0 Å². The van der Waals surface area contributed by atoms with Crippen molar-refractivity contribution in [3.05, 3.63) is 96.1 Å². The summed E-state index contributed by atoms with van der Waals surface area (Å²) in [4.78, 5) is 0.157. The van der Waals surface area contributed by atoms with E-state index >= 15 is 0 Å². The van der Waals surface area contributed by atoms with Crippen molar-refractivity contribution >= 4 is 10.0 Å². The van der Waals surface area contributed by atoms with E-state index in [1.54, 1.807) is 12.1 Å². The quantitative estimate of drug-likeness (QED) is 0.656. The molecule has 0 fully saturated rings. The minimum absolute atomic E-state index is 0.157. The second-order valence-electron chi connectivity index (χ2n) is 6.12. The highest BCUT2D eigenvalue weighted by Gasteiger charge is 2.27. The van der Waals surface area contributed by atoms with Crippen molar-refractivity contribution in [2.24, 2.45) is 5.73 Å². The van der Waals surface area contributed by atoms with E-state index in [4.69, 9.17) is 10.5 Å². The van der Waals surface area contributed by atoms with Gasteiger partial charge in [0.2, 0.25) is 10.0 Å². The predicted octanol–water partition coefficient (Wildman–Crippen LogP) is 3.41. The highest BCUT2D eigenvalue weighted by molar-refractivity contribution is 7.89. The molecule has 0 aliphatic heterocycles. The summed E-state index contributed by atoms with van der Waals surface area (Å²) in [6.45, 7) is 0. The third kappa shape index (κ3) is 4.54. The van der Waals surface area contributed by atoms with Crippen LogP contribution in [0.2, 0.25) is 0 Å². The summed E-state index contributed by atoms with van der Waals surface area (Å²) in [5, 5.41) is 0. The standard InChI is InChI=1S/C21H22N2O3S/c1-26-18-12-14-19(15-13-18)27(24,25)23-21(17-10-6-3-7-11-17)20(22)16-8-4-2-5-9-16/h2-15,20-21,23H,22H2,1H3/t20?,21-/m0/s1. The number of rotatable bonds is 7. The number of hydrogen-bond acceptors (Lipinski definition) is 4. The first-order valence-corrected chi connectivity index (χ1v) is 10.0. The predicted molar refractivity (Wildman–Crippen MR) is 106 cm³/mol. The molecule has 0 bridgehead atoms. The molecule has 3 rings (SSSR count). The van der Waals surface area contributed by atoms with Crippen LogP contribution in [0, 0.1) is 0 Å². The lowest BCUT2D eigenvalue weighted by atomic mass is 9.95. The molecule has 3 N–H and O–H groups in total.